The maximum atomic E-state index is 15.6. The highest BCUT2D eigenvalue weighted by Crippen LogP contribution is 2.83. The molecule has 0 bridgehead atoms. The first-order chi connectivity index (χ1) is 30.3. The monoisotopic (exact) mass is 872 g/mol. The molecule has 16 unspecified atom stereocenters. The van der Waals surface area contributed by atoms with Gasteiger partial charge in [0, 0.05) is 40.8 Å². The van der Waals surface area contributed by atoms with Crippen LogP contribution in [0.15, 0.2) is 29.0 Å². The predicted octanol–water partition coefficient (Wildman–Crippen LogP) is 5.14. The zero-order valence-electron chi connectivity index (χ0n) is 37.3. The molecular weight excluding hydrogens is 805 g/mol. The van der Waals surface area contributed by atoms with E-state index in [9.17, 15) is 24.9 Å². The molecule has 16 atom stereocenters. The third kappa shape index (κ3) is 5.13. The molecule has 0 aromatic carbocycles. The van der Waals surface area contributed by atoms with Crippen LogP contribution in [0, 0.1) is 63.1 Å². The maximum absolute atomic E-state index is 15.6. The molecule has 1 aromatic heterocycles. The van der Waals surface area contributed by atoms with Gasteiger partial charge in [-0.05, 0) is 119 Å². The van der Waals surface area contributed by atoms with Gasteiger partial charge in [-0.2, -0.15) is 0 Å². The smallest absolute Gasteiger partial charge is 0.339 e. The molecule has 1 aromatic rings. The molecule has 4 N–H and O–H groups in total. The highest BCUT2D eigenvalue weighted by atomic mass is 16.7. The van der Waals surface area contributed by atoms with Crippen molar-refractivity contribution in [3.8, 4) is 0 Å². The maximum Gasteiger partial charge on any atom is 0.339 e. The van der Waals surface area contributed by atoms with Gasteiger partial charge in [-0.15, -0.1) is 0 Å². The summed E-state index contributed by atoms with van der Waals surface area (Å²) in [5, 5.41) is 38.9. The molecule has 5 aliphatic carbocycles. The Morgan fingerprint density at radius 1 is 0.952 bits per heavy atom. The Hall–Kier alpha value is -2.81. The number of ketones is 1. The van der Waals surface area contributed by atoms with Gasteiger partial charge in [-0.3, -0.25) is 14.9 Å². The average molecular weight is 873 g/mol. The van der Waals surface area contributed by atoms with Crippen LogP contribution in [0.2, 0.25) is 0 Å². The number of epoxide rings is 1. The molecule has 5 saturated heterocycles. The number of allylic oxidation sites excluding steroid dienone is 1. The lowest BCUT2D eigenvalue weighted by molar-refractivity contribution is -0.284. The highest BCUT2D eigenvalue weighted by Gasteiger charge is 2.93. The number of furan rings is 1. The van der Waals surface area contributed by atoms with Crippen LogP contribution in [0.5, 0.6) is 0 Å². The SMILES string of the molecule is CC1(C)OC2C3(CCCC3)C(=O)OCC23C1C(=O)C(O)C1(C2CCCCC2)C3CCC2(C)C(c3ccoc3CC(C(O)CO)C3CCC4C(C=CN5CNCC45)C3)OC(=O)C3OC321. The Morgan fingerprint density at radius 2 is 1.75 bits per heavy atom. The van der Waals surface area contributed by atoms with E-state index < -0.39 is 75.3 Å². The predicted molar refractivity (Wildman–Crippen MR) is 225 cm³/mol. The second-order valence-electron chi connectivity index (χ2n) is 23.1. The molecule has 0 radical (unpaired) electrons. The standard InChI is InChI=1S/C50H68N2O11/c1-45(2)38-37(55)39(56)49(29-9-5-4-6-10-29)36(48(38)25-60-44(58)47(43(48)63-45)16-7-8-17-47)13-18-46(3)40(61-42(57)41-50(46,49)62-41)31-15-20-59-35(31)22-32(34(54)24-53)27-11-12-30-28(21-27)14-19-52-26-51-23-33(30)52/h14-15,19-20,27-30,32-34,36,38-41,43,51,53-54,56H,4-13,16-18,21-26H2,1-3H3. The third-order valence-corrected chi connectivity index (χ3v) is 20.5. The van der Waals surface area contributed by atoms with Gasteiger partial charge in [0.2, 0.25) is 0 Å². The van der Waals surface area contributed by atoms with Crippen LogP contribution in [-0.4, -0.2) is 106 Å². The van der Waals surface area contributed by atoms with E-state index in [4.69, 9.17) is 23.4 Å². The fraction of sp³-hybridized carbons (Fsp3) is 0.820. The van der Waals surface area contributed by atoms with Crippen LogP contribution in [0.4, 0.5) is 0 Å². The van der Waals surface area contributed by atoms with E-state index >= 15 is 4.79 Å². The lowest BCUT2D eigenvalue weighted by atomic mass is 9.32. The van der Waals surface area contributed by atoms with Gasteiger partial charge in [-0.1, -0.05) is 45.1 Å². The fourth-order valence-electron chi connectivity index (χ4n) is 18.2. The van der Waals surface area contributed by atoms with Crippen molar-refractivity contribution in [1.82, 2.24) is 10.2 Å². The number of fused-ring (bicyclic) bond motifs is 5. The zero-order valence-corrected chi connectivity index (χ0v) is 37.3. The van der Waals surface area contributed by atoms with Crippen LogP contribution >= 0.6 is 0 Å². The summed E-state index contributed by atoms with van der Waals surface area (Å²) in [7, 11) is 0. The molecule has 0 amide bonds. The Balaban J connectivity index is 0.950. The van der Waals surface area contributed by atoms with E-state index in [-0.39, 0.29) is 48.6 Å². The normalized spacial score (nSPS) is 47.6. The Bertz CT molecular complexity index is 2070. The van der Waals surface area contributed by atoms with E-state index in [1.54, 1.807) is 6.26 Å². The van der Waals surface area contributed by atoms with Crippen LogP contribution in [0.25, 0.3) is 0 Å². The number of carbonyl (C=O) groups is 3. The number of aliphatic hydroxyl groups is 3. The summed E-state index contributed by atoms with van der Waals surface area (Å²) >= 11 is 0. The highest BCUT2D eigenvalue weighted by molar-refractivity contribution is 5.93. The van der Waals surface area contributed by atoms with Crippen LogP contribution in [0.1, 0.15) is 128 Å². The first-order valence-corrected chi connectivity index (χ1v) is 24.8. The van der Waals surface area contributed by atoms with E-state index in [2.05, 4.69) is 29.4 Å². The number of nitrogens with one attached hydrogen (secondary N) is 1. The summed E-state index contributed by atoms with van der Waals surface area (Å²) in [5.41, 5.74) is -5.34. The number of esters is 2. The second-order valence-corrected chi connectivity index (χ2v) is 23.1. The average Bonchev–Trinajstić information content (AvgIpc) is 3.73. The molecule has 3 spiro atoms. The van der Waals surface area contributed by atoms with Crippen molar-refractivity contribution < 1.29 is 53.1 Å². The minimum atomic E-state index is -1.43. The van der Waals surface area contributed by atoms with E-state index in [0.717, 1.165) is 83.0 Å². The van der Waals surface area contributed by atoms with E-state index in [1.807, 2.05) is 19.9 Å². The Labute approximate surface area is 370 Å². The number of nitrogens with zero attached hydrogens (tertiary/aromatic N) is 1. The minimum Gasteiger partial charge on any atom is -0.469 e. The summed E-state index contributed by atoms with van der Waals surface area (Å²) < 4.78 is 33.6. The van der Waals surface area contributed by atoms with E-state index in [0.29, 0.717) is 55.7 Å². The largest absolute Gasteiger partial charge is 0.469 e. The van der Waals surface area contributed by atoms with Crippen LogP contribution in [0.3, 0.4) is 0 Å². The lowest BCUT2D eigenvalue weighted by Gasteiger charge is -2.70. The number of hydrogen-bond donors (Lipinski definition) is 4. The summed E-state index contributed by atoms with van der Waals surface area (Å²) in [6, 6.07) is 2.37. The molecule has 12 rings (SSSR count). The van der Waals surface area contributed by atoms with Crippen molar-refractivity contribution in [1.29, 1.82) is 0 Å². The summed E-state index contributed by atoms with van der Waals surface area (Å²) in [5.74, 6) is -0.773. The summed E-state index contributed by atoms with van der Waals surface area (Å²) in [4.78, 5) is 46.9. The third-order valence-electron chi connectivity index (χ3n) is 20.5. The topological polar surface area (TPSA) is 181 Å². The molecule has 7 heterocycles. The number of cyclic esters (lactones) is 2. The molecule has 344 valence electrons. The molecule has 13 heteroatoms. The van der Waals surface area contributed by atoms with Gasteiger partial charge in [0.1, 0.15) is 30.2 Å². The van der Waals surface area contributed by atoms with Gasteiger partial charge in [0.25, 0.3) is 0 Å². The molecule has 10 fully saturated rings. The number of rotatable bonds is 7. The van der Waals surface area contributed by atoms with Gasteiger partial charge in [-0.25, -0.2) is 4.79 Å². The molecule has 13 nitrogen and oxygen atoms in total. The lowest BCUT2D eigenvalue weighted by Crippen LogP contribution is -2.79. The summed E-state index contributed by atoms with van der Waals surface area (Å²) in [6.45, 7) is 7.60. The number of ether oxygens (including phenoxy) is 4. The number of hydrogen-bond acceptors (Lipinski definition) is 13. The zero-order chi connectivity index (χ0) is 43.5. The van der Waals surface area contributed by atoms with Crippen molar-refractivity contribution in [2.75, 3.05) is 26.4 Å². The second kappa shape index (κ2) is 14.1. The van der Waals surface area contributed by atoms with Gasteiger partial charge in [0.15, 0.2) is 11.9 Å². The first-order valence-electron chi connectivity index (χ1n) is 24.8. The van der Waals surface area contributed by atoms with Crippen molar-refractivity contribution in [2.24, 2.45) is 63.1 Å². The van der Waals surface area contributed by atoms with Crippen LogP contribution < -0.4 is 5.32 Å². The van der Waals surface area contributed by atoms with Crippen molar-refractivity contribution in [2.45, 2.75) is 165 Å². The Morgan fingerprint density at radius 3 is 2.52 bits per heavy atom. The first kappa shape index (κ1) is 41.6. The van der Waals surface area contributed by atoms with E-state index in [1.165, 1.54) is 0 Å². The summed E-state index contributed by atoms with van der Waals surface area (Å²) in [6.07, 6.45) is 13.5. The molecular formula is C50H68N2O11. The molecule has 63 heavy (non-hydrogen) atoms. The van der Waals surface area contributed by atoms with Crippen molar-refractivity contribution in [3.05, 3.63) is 35.9 Å². The fourth-order valence-corrected chi connectivity index (χ4v) is 18.2. The van der Waals surface area contributed by atoms with Crippen LogP contribution in [-0.2, 0) is 39.8 Å². The molecule has 5 saturated carbocycles. The minimum absolute atomic E-state index is 0.0457. The molecule has 6 aliphatic heterocycles. The Kier molecular flexibility index (Phi) is 9.32. The number of carbonyl (C=O) groups excluding carboxylic acids is 3. The van der Waals surface area contributed by atoms with Gasteiger partial charge in [0.05, 0.1) is 48.7 Å². The number of aliphatic hydroxyl groups excluding tert-OH is 3. The van der Waals surface area contributed by atoms with Crippen molar-refractivity contribution in [3.63, 3.8) is 0 Å². The molecule has 11 aliphatic rings. The van der Waals surface area contributed by atoms with Gasteiger partial charge >= 0.3 is 11.9 Å². The van der Waals surface area contributed by atoms with Crippen molar-refractivity contribution >= 4 is 17.7 Å². The number of Topliss-reactive ketones (excluding diaryl/α,β-unsaturated/α-hetero) is 1. The quantitative estimate of drug-likeness (QED) is 0.209. The van der Waals surface area contributed by atoms with Gasteiger partial charge < -0.3 is 43.6 Å².